The predicted molar refractivity (Wildman–Crippen MR) is 67.6 cm³/mol. The Hall–Kier alpha value is -0.620. The van der Waals surface area contributed by atoms with Gasteiger partial charge >= 0.3 is 0 Å². The van der Waals surface area contributed by atoms with Gasteiger partial charge in [0.15, 0.2) is 9.84 Å². The van der Waals surface area contributed by atoms with E-state index >= 15 is 0 Å². The second kappa shape index (κ2) is 5.35. The number of hydrogen-bond donors (Lipinski definition) is 0. The molecule has 0 aromatic heterocycles. The molecule has 6 heteroatoms. The summed E-state index contributed by atoms with van der Waals surface area (Å²) in [5, 5.41) is -0.923. The molecule has 1 amide bonds. The molecule has 0 bridgehead atoms. The highest BCUT2D eigenvalue weighted by molar-refractivity contribution is 7.92. The van der Waals surface area contributed by atoms with E-state index in [-0.39, 0.29) is 5.91 Å². The van der Waals surface area contributed by atoms with Crippen LogP contribution in [0, 0.1) is 0 Å². The summed E-state index contributed by atoms with van der Waals surface area (Å²) in [7, 11) is -3.29. The first-order valence-corrected chi connectivity index (χ1v) is 7.90. The number of piperazine rings is 1. The second-order valence-corrected chi connectivity index (χ2v) is 7.29. The van der Waals surface area contributed by atoms with Crippen molar-refractivity contribution in [1.29, 1.82) is 0 Å². The predicted octanol–water partition coefficient (Wildman–Crippen LogP) is -0.0279. The van der Waals surface area contributed by atoms with Crippen molar-refractivity contribution >= 4 is 15.7 Å². The molecule has 0 aromatic carbocycles. The fraction of sp³-hybridized carbons (Fsp3) is 0.909. The maximum atomic E-state index is 11.9. The van der Waals surface area contributed by atoms with E-state index in [1.807, 2.05) is 0 Å². The lowest BCUT2D eigenvalue weighted by molar-refractivity contribution is -0.132. The van der Waals surface area contributed by atoms with Crippen LogP contribution in [-0.4, -0.2) is 67.9 Å². The smallest absolute Gasteiger partial charge is 0.240 e. The molecule has 1 heterocycles. The first kappa shape index (κ1) is 14.4. The third-order valence-electron chi connectivity index (χ3n) is 3.35. The van der Waals surface area contributed by atoms with Crippen molar-refractivity contribution in [3.05, 3.63) is 0 Å². The summed E-state index contributed by atoms with van der Waals surface area (Å²) in [5.74, 6) is -0.268. The third-order valence-corrected chi connectivity index (χ3v) is 4.83. The molecule has 100 valence electrons. The van der Waals surface area contributed by atoms with Crippen molar-refractivity contribution in [3.8, 4) is 0 Å². The van der Waals surface area contributed by atoms with Crippen LogP contribution in [0.15, 0.2) is 0 Å². The molecule has 1 rings (SSSR count). The van der Waals surface area contributed by atoms with Gasteiger partial charge in [0.05, 0.1) is 0 Å². The van der Waals surface area contributed by atoms with Gasteiger partial charge in [0, 0.05) is 38.5 Å². The van der Waals surface area contributed by atoms with Gasteiger partial charge in [-0.2, -0.15) is 0 Å². The molecule has 1 atom stereocenters. The summed E-state index contributed by atoms with van der Waals surface area (Å²) in [6, 6.07) is 0.472. The number of carbonyl (C=O) groups excluding carboxylic acids is 1. The second-order valence-electron chi connectivity index (χ2n) is 4.93. The molecule has 1 unspecified atom stereocenters. The first-order chi connectivity index (χ1) is 7.73. The minimum absolute atomic E-state index is 0.268. The fourth-order valence-corrected chi connectivity index (χ4v) is 2.41. The summed E-state index contributed by atoms with van der Waals surface area (Å²) >= 11 is 0. The van der Waals surface area contributed by atoms with Gasteiger partial charge in [0.1, 0.15) is 5.25 Å². The van der Waals surface area contributed by atoms with Crippen LogP contribution in [0.25, 0.3) is 0 Å². The van der Waals surface area contributed by atoms with Crippen LogP contribution in [0.2, 0.25) is 0 Å². The molecule has 1 aliphatic rings. The van der Waals surface area contributed by atoms with Crippen molar-refractivity contribution in [2.24, 2.45) is 0 Å². The molecular formula is C11H22N2O3S. The summed E-state index contributed by atoms with van der Waals surface area (Å²) in [6.07, 6.45) is 1.11. The number of sulfone groups is 1. The summed E-state index contributed by atoms with van der Waals surface area (Å²) < 4.78 is 22.7. The quantitative estimate of drug-likeness (QED) is 0.717. The minimum atomic E-state index is -3.29. The SMILES string of the molecule is CC(C)N1CCN(C(=O)C(C)S(C)(=O)=O)CC1. The highest BCUT2D eigenvalue weighted by atomic mass is 32.2. The Balaban J connectivity index is 2.58. The Morgan fingerprint density at radius 1 is 1.06 bits per heavy atom. The van der Waals surface area contributed by atoms with Crippen molar-refractivity contribution in [2.45, 2.75) is 32.1 Å². The molecule has 17 heavy (non-hydrogen) atoms. The van der Waals surface area contributed by atoms with Gasteiger partial charge < -0.3 is 4.90 Å². The number of hydrogen-bond acceptors (Lipinski definition) is 4. The van der Waals surface area contributed by atoms with E-state index in [2.05, 4.69) is 18.7 Å². The molecule has 1 aliphatic heterocycles. The topological polar surface area (TPSA) is 57.7 Å². The number of rotatable bonds is 3. The molecule has 0 radical (unpaired) electrons. The van der Waals surface area contributed by atoms with Gasteiger partial charge in [0.2, 0.25) is 5.91 Å². The van der Waals surface area contributed by atoms with E-state index in [4.69, 9.17) is 0 Å². The van der Waals surface area contributed by atoms with Crippen LogP contribution in [-0.2, 0) is 14.6 Å². The van der Waals surface area contributed by atoms with Gasteiger partial charge in [-0.3, -0.25) is 9.69 Å². The number of carbonyl (C=O) groups is 1. The van der Waals surface area contributed by atoms with Gasteiger partial charge in [-0.1, -0.05) is 0 Å². The van der Waals surface area contributed by atoms with E-state index in [0.29, 0.717) is 19.1 Å². The average Bonchev–Trinajstić information content (AvgIpc) is 2.26. The van der Waals surface area contributed by atoms with E-state index in [1.165, 1.54) is 6.92 Å². The van der Waals surface area contributed by atoms with Crippen LogP contribution in [0.1, 0.15) is 20.8 Å². The van der Waals surface area contributed by atoms with Crippen molar-refractivity contribution < 1.29 is 13.2 Å². The fourth-order valence-electron chi connectivity index (χ4n) is 1.90. The zero-order chi connectivity index (χ0) is 13.2. The summed E-state index contributed by atoms with van der Waals surface area (Å²) in [6.45, 7) is 8.59. The van der Waals surface area contributed by atoms with Gasteiger partial charge in [-0.25, -0.2) is 8.42 Å². The zero-order valence-corrected chi connectivity index (χ0v) is 11.8. The minimum Gasteiger partial charge on any atom is -0.339 e. The van der Waals surface area contributed by atoms with Crippen molar-refractivity contribution in [1.82, 2.24) is 9.80 Å². The van der Waals surface area contributed by atoms with Crippen LogP contribution in [0.3, 0.4) is 0 Å². The van der Waals surface area contributed by atoms with E-state index in [1.54, 1.807) is 4.90 Å². The van der Waals surface area contributed by atoms with Crippen molar-refractivity contribution in [2.75, 3.05) is 32.4 Å². The number of nitrogens with zero attached hydrogens (tertiary/aromatic N) is 2. The van der Waals surface area contributed by atoms with E-state index < -0.39 is 15.1 Å². The molecule has 0 N–H and O–H groups in total. The maximum Gasteiger partial charge on any atom is 0.240 e. The zero-order valence-electron chi connectivity index (χ0n) is 11.0. The lowest BCUT2D eigenvalue weighted by Gasteiger charge is -2.37. The standard InChI is InChI=1S/C11H22N2O3S/c1-9(2)12-5-7-13(8-6-12)11(14)10(3)17(4,15)16/h9-10H,5-8H2,1-4H3. The van der Waals surface area contributed by atoms with E-state index in [9.17, 15) is 13.2 Å². The molecule has 1 saturated heterocycles. The van der Waals surface area contributed by atoms with Crippen LogP contribution in [0.5, 0.6) is 0 Å². The molecule has 0 saturated carbocycles. The Morgan fingerprint density at radius 2 is 1.53 bits per heavy atom. The van der Waals surface area contributed by atoms with Gasteiger partial charge in [-0.15, -0.1) is 0 Å². The Morgan fingerprint density at radius 3 is 1.88 bits per heavy atom. The third kappa shape index (κ3) is 3.67. The van der Waals surface area contributed by atoms with Gasteiger partial charge in [0.25, 0.3) is 0 Å². The molecule has 1 fully saturated rings. The lowest BCUT2D eigenvalue weighted by atomic mass is 10.2. The first-order valence-electron chi connectivity index (χ1n) is 5.95. The van der Waals surface area contributed by atoms with E-state index in [0.717, 1.165) is 19.3 Å². The van der Waals surface area contributed by atoms with Crippen LogP contribution in [0.4, 0.5) is 0 Å². The summed E-state index contributed by atoms with van der Waals surface area (Å²) in [5.41, 5.74) is 0. The molecular weight excluding hydrogens is 240 g/mol. The Labute approximate surface area is 104 Å². The highest BCUT2D eigenvalue weighted by Crippen LogP contribution is 2.10. The van der Waals surface area contributed by atoms with Crippen LogP contribution < -0.4 is 0 Å². The highest BCUT2D eigenvalue weighted by Gasteiger charge is 2.30. The summed E-state index contributed by atoms with van der Waals surface area (Å²) in [4.78, 5) is 15.9. The molecule has 0 spiro atoms. The Kier molecular flexibility index (Phi) is 4.55. The molecule has 0 aromatic rings. The largest absolute Gasteiger partial charge is 0.339 e. The molecule has 0 aliphatic carbocycles. The monoisotopic (exact) mass is 262 g/mol. The molecule has 5 nitrogen and oxygen atoms in total. The maximum absolute atomic E-state index is 11.9. The normalized spacial score (nSPS) is 20.6. The number of amides is 1. The average molecular weight is 262 g/mol. The lowest BCUT2D eigenvalue weighted by Crippen LogP contribution is -2.53. The van der Waals surface area contributed by atoms with Crippen molar-refractivity contribution in [3.63, 3.8) is 0 Å². The van der Waals surface area contributed by atoms with Crippen LogP contribution >= 0.6 is 0 Å². The van der Waals surface area contributed by atoms with Gasteiger partial charge in [-0.05, 0) is 20.8 Å². The Bertz CT molecular complexity index is 370.